The average Bonchev–Trinajstić information content (AvgIpc) is 2.93. The molecular formula is C17H23NO2S. The van der Waals surface area contributed by atoms with Crippen molar-refractivity contribution in [2.75, 3.05) is 26.3 Å². The number of aliphatic hydroxyl groups excluding tert-OH is 1. The van der Waals surface area contributed by atoms with Crippen LogP contribution in [-0.2, 0) is 11.3 Å². The molecule has 1 aliphatic rings. The van der Waals surface area contributed by atoms with E-state index in [4.69, 9.17) is 9.84 Å². The normalized spacial score (nSPS) is 17.6. The van der Waals surface area contributed by atoms with E-state index in [2.05, 4.69) is 34.5 Å². The molecule has 1 aliphatic heterocycles. The van der Waals surface area contributed by atoms with Gasteiger partial charge < -0.3 is 9.84 Å². The van der Waals surface area contributed by atoms with Gasteiger partial charge in [0.2, 0.25) is 0 Å². The molecule has 3 nitrogen and oxygen atoms in total. The number of hydrogen-bond acceptors (Lipinski definition) is 4. The number of thiophene rings is 1. The minimum atomic E-state index is 0.226. The summed E-state index contributed by atoms with van der Waals surface area (Å²) in [5.41, 5.74) is 1.45. The number of hydrogen-bond donors (Lipinski definition) is 1. The van der Waals surface area contributed by atoms with Crippen LogP contribution in [-0.4, -0.2) is 42.4 Å². The second kappa shape index (κ2) is 7.36. The van der Waals surface area contributed by atoms with E-state index >= 15 is 0 Å². The third kappa shape index (κ3) is 3.83. The summed E-state index contributed by atoms with van der Waals surface area (Å²) in [6.45, 7) is 4.18. The van der Waals surface area contributed by atoms with E-state index in [-0.39, 0.29) is 6.61 Å². The van der Waals surface area contributed by atoms with E-state index in [0.717, 1.165) is 38.9 Å². The maximum absolute atomic E-state index is 8.78. The van der Waals surface area contributed by atoms with Gasteiger partial charge in [-0.2, -0.15) is 0 Å². The molecule has 0 amide bonds. The number of aliphatic hydroxyl groups is 1. The zero-order valence-electron chi connectivity index (χ0n) is 12.3. The van der Waals surface area contributed by atoms with Crippen LogP contribution in [0, 0.1) is 0 Å². The molecule has 1 fully saturated rings. The SMILES string of the molecule is OCCCOC1CCN(Cc2csc3ccccc23)CC1. The van der Waals surface area contributed by atoms with Crippen molar-refractivity contribution >= 4 is 21.4 Å². The Balaban J connectivity index is 1.51. The van der Waals surface area contributed by atoms with Crippen LogP contribution in [0.4, 0.5) is 0 Å². The smallest absolute Gasteiger partial charge is 0.0599 e. The molecule has 0 bridgehead atoms. The Bertz CT molecular complexity index is 561. The molecule has 0 saturated carbocycles. The Labute approximate surface area is 130 Å². The van der Waals surface area contributed by atoms with Crippen molar-refractivity contribution in [3.63, 3.8) is 0 Å². The highest BCUT2D eigenvalue weighted by Gasteiger charge is 2.20. The molecule has 1 N–H and O–H groups in total. The first-order valence-corrected chi connectivity index (χ1v) is 8.64. The third-order valence-electron chi connectivity index (χ3n) is 4.15. The van der Waals surface area contributed by atoms with Gasteiger partial charge in [0.25, 0.3) is 0 Å². The lowest BCUT2D eigenvalue weighted by atomic mass is 10.1. The maximum atomic E-state index is 8.78. The third-order valence-corrected chi connectivity index (χ3v) is 5.16. The fourth-order valence-electron chi connectivity index (χ4n) is 2.94. The molecule has 0 unspecified atom stereocenters. The zero-order valence-corrected chi connectivity index (χ0v) is 13.1. The highest BCUT2D eigenvalue weighted by atomic mass is 32.1. The van der Waals surface area contributed by atoms with Gasteiger partial charge in [0.1, 0.15) is 0 Å². The molecule has 114 valence electrons. The van der Waals surface area contributed by atoms with Crippen LogP contribution in [0.5, 0.6) is 0 Å². The molecule has 0 radical (unpaired) electrons. The molecule has 0 aliphatic carbocycles. The highest BCUT2D eigenvalue weighted by Crippen LogP contribution is 2.27. The van der Waals surface area contributed by atoms with Gasteiger partial charge in [0.15, 0.2) is 0 Å². The maximum Gasteiger partial charge on any atom is 0.0599 e. The Kier molecular flexibility index (Phi) is 5.25. The van der Waals surface area contributed by atoms with E-state index in [1.165, 1.54) is 15.6 Å². The highest BCUT2D eigenvalue weighted by molar-refractivity contribution is 7.17. The number of likely N-dealkylation sites (tertiary alicyclic amines) is 1. The largest absolute Gasteiger partial charge is 0.396 e. The first-order chi connectivity index (χ1) is 10.4. The lowest BCUT2D eigenvalue weighted by Crippen LogP contribution is -2.36. The Hall–Kier alpha value is -0.940. The van der Waals surface area contributed by atoms with E-state index < -0.39 is 0 Å². The van der Waals surface area contributed by atoms with Gasteiger partial charge in [-0.15, -0.1) is 11.3 Å². The second-order valence-corrected chi connectivity index (χ2v) is 6.59. The van der Waals surface area contributed by atoms with Gasteiger partial charge in [-0.3, -0.25) is 4.90 Å². The van der Waals surface area contributed by atoms with Gasteiger partial charge in [-0.1, -0.05) is 18.2 Å². The van der Waals surface area contributed by atoms with Crippen molar-refractivity contribution in [3.05, 3.63) is 35.2 Å². The van der Waals surface area contributed by atoms with Crippen LogP contribution in [0.1, 0.15) is 24.8 Å². The monoisotopic (exact) mass is 305 g/mol. The molecule has 0 atom stereocenters. The van der Waals surface area contributed by atoms with Crippen molar-refractivity contribution in [2.24, 2.45) is 0 Å². The Morgan fingerprint density at radius 1 is 1.24 bits per heavy atom. The number of fused-ring (bicyclic) bond motifs is 1. The lowest BCUT2D eigenvalue weighted by molar-refractivity contribution is 0.000873. The van der Waals surface area contributed by atoms with E-state index in [1.54, 1.807) is 0 Å². The number of nitrogens with zero attached hydrogens (tertiary/aromatic N) is 1. The summed E-state index contributed by atoms with van der Waals surface area (Å²) in [6.07, 6.45) is 3.34. The first kappa shape index (κ1) is 15.0. The standard InChI is InChI=1S/C17H23NO2S/c19-10-3-11-20-15-6-8-18(9-7-15)12-14-13-21-17-5-2-1-4-16(14)17/h1-2,4-5,13,15,19H,3,6-12H2. The van der Waals surface area contributed by atoms with E-state index in [0.29, 0.717) is 12.7 Å². The number of rotatable bonds is 6. The van der Waals surface area contributed by atoms with Gasteiger partial charge in [0.05, 0.1) is 6.10 Å². The van der Waals surface area contributed by atoms with Crippen LogP contribution in [0.25, 0.3) is 10.1 Å². The number of ether oxygens (including phenoxy) is 1. The van der Waals surface area contributed by atoms with Gasteiger partial charge in [0, 0.05) is 37.5 Å². The average molecular weight is 305 g/mol. The molecule has 1 saturated heterocycles. The predicted molar refractivity (Wildman–Crippen MR) is 87.8 cm³/mol. The fourth-order valence-corrected chi connectivity index (χ4v) is 3.90. The molecule has 1 aromatic carbocycles. The lowest BCUT2D eigenvalue weighted by Gasteiger charge is -2.31. The predicted octanol–water partition coefficient (Wildman–Crippen LogP) is 3.26. The molecule has 1 aromatic heterocycles. The first-order valence-electron chi connectivity index (χ1n) is 7.77. The van der Waals surface area contributed by atoms with Crippen LogP contribution in [0.2, 0.25) is 0 Å². The molecule has 2 aromatic rings. The Morgan fingerprint density at radius 2 is 2.05 bits per heavy atom. The summed E-state index contributed by atoms with van der Waals surface area (Å²) in [7, 11) is 0. The Morgan fingerprint density at radius 3 is 2.86 bits per heavy atom. The zero-order chi connectivity index (χ0) is 14.5. The van der Waals surface area contributed by atoms with Gasteiger partial charge >= 0.3 is 0 Å². The van der Waals surface area contributed by atoms with Crippen molar-refractivity contribution < 1.29 is 9.84 Å². The quantitative estimate of drug-likeness (QED) is 0.832. The van der Waals surface area contributed by atoms with Gasteiger partial charge in [-0.25, -0.2) is 0 Å². The number of piperidine rings is 1. The summed E-state index contributed by atoms with van der Waals surface area (Å²) in [5.74, 6) is 0. The van der Waals surface area contributed by atoms with Crippen LogP contribution < -0.4 is 0 Å². The molecular weight excluding hydrogens is 282 g/mol. The molecule has 3 rings (SSSR count). The topological polar surface area (TPSA) is 32.7 Å². The van der Waals surface area contributed by atoms with Crippen molar-refractivity contribution in [1.82, 2.24) is 4.90 Å². The fraction of sp³-hybridized carbons (Fsp3) is 0.529. The molecule has 4 heteroatoms. The van der Waals surface area contributed by atoms with E-state index in [1.807, 2.05) is 11.3 Å². The summed E-state index contributed by atoms with van der Waals surface area (Å²) in [4.78, 5) is 2.53. The number of benzene rings is 1. The summed E-state index contributed by atoms with van der Waals surface area (Å²) in [6, 6.07) is 8.66. The van der Waals surface area contributed by atoms with Crippen molar-refractivity contribution in [3.8, 4) is 0 Å². The van der Waals surface area contributed by atoms with Gasteiger partial charge in [-0.05, 0) is 41.7 Å². The summed E-state index contributed by atoms with van der Waals surface area (Å²) < 4.78 is 7.18. The minimum Gasteiger partial charge on any atom is -0.396 e. The summed E-state index contributed by atoms with van der Waals surface area (Å²) >= 11 is 1.84. The second-order valence-electron chi connectivity index (χ2n) is 5.68. The molecule has 21 heavy (non-hydrogen) atoms. The summed E-state index contributed by atoms with van der Waals surface area (Å²) in [5, 5.41) is 12.5. The van der Waals surface area contributed by atoms with Crippen LogP contribution in [0.15, 0.2) is 29.6 Å². The minimum absolute atomic E-state index is 0.226. The van der Waals surface area contributed by atoms with E-state index in [9.17, 15) is 0 Å². The molecule has 2 heterocycles. The molecule has 0 spiro atoms. The van der Waals surface area contributed by atoms with Crippen molar-refractivity contribution in [2.45, 2.75) is 31.9 Å². The van der Waals surface area contributed by atoms with Crippen LogP contribution in [0.3, 0.4) is 0 Å². The van der Waals surface area contributed by atoms with Crippen LogP contribution >= 0.6 is 11.3 Å². The van der Waals surface area contributed by atoms with Crippen molar-refractivity contribution in [1.29, 1.82) is 0 Å².